The van der Waals surface area contributed by atoms with Crippen molar-refractivity contribution in [2.24, 2.45) is 0 Å². The largest absolute Gasteiger partial charge is 0.330 e. The molecule has 1 atom stereocenters. The van der Waals surface area contributed by atoms with Gasteiger partial charge in [0.2, 0.25) is 5.91 Å². The first-order chi connectivity index (χ1) is 8.81. The summed E-state index contributed by atoms with van der Waals surface area (Å²) in [5, 5.41) is 0.369. The second-order valence-electron chi connectivity index (χ2n) is 4.21. The monoisotopic (exact) mass is 282 g/mol. The van der Waals surface area contributed by atoms with Crippen LogP contribution in [-0.4, -0.2) is 45.5 Å². The van der Waals surface area contributed by atoms with Gasteiger partial charge in [-0.2, -0.15) is 11.8 Å². The van der Waals surface area contributed by atoms with Crippen LogP contribution in [0.4, 0.5) is 0 Å². The number of nitrogens with zero attached hydrogens (tertiary/aromatic N) is 2. The molecule has 1 aliphatic rings. The van der Waals surface area contributed by atoms with Crippen molar-refractivity contribution in [2.75, 3.05) is 24.3 Å². The Morgan fingerprint density at radius 3 is 3.17 bits per heavy atom. The Bertz CT molecular complexity index is 386. The fourth-order valence-corrected chi connectivity index (χ4v) is 3.80. The maximum Gasteiger partial charge on any atom is 0.233 e. The zero-order valence-electron chi connectivity index (χ0n) is 10.5. The van der Waals surface area contributed by atoms with Gasteiger partial charge >= 0.3 is 0 Å². The smallest absolute Gasteiger partial charge is 0.233 e. The van der Waals surface area contributed by atoms with Crippen LogP contribution >= 0.6 is 23.5 Å². The van der Waals surface area contributed by atoms with E-state index < -0.39 is 0 Å². The lowest BCUT2D eigenvalue weighted by Crippen LogP contribution is -2.35. The summed E-state index contributed by atoms with van der Waals surface area (Å²) in [7, 11) is 0. The molecule has 1 unspecified atom stereocenters. The van der Waals surface area contributed by atoms with E-state index in [1.165, 1.54) is 0 Å². The van der Waals surface area contributed by atoms with E-state index in [1.54, 1.807) is 18.0 Å². The van der Waals surface area contributed by atoms with Crippen LogP contribution in [0.3, 0.4) is 0 Å². The summed E-state index contributed by atoms with van der Waals surface area (Å²) in [5.41, 5.74) is 1.06. The fraction of sp³-hybridized carbons (Fsp3) is 0.538. The molecular formula is C13H18N2OS2. The molecule has 1 aliphatic heterocycles. The van der Waals surface area contributed by atoms with Gasteiger partial charge in [0, 0.05) is 24.9 Å². The third-order valence-corrected chi connectivity index (χ3v) is 4.90. The van der Waals surface area contributed by atoms with Gasteiger partial charge in [0.1, 0.15) is 0 Å². The van der Waals surface area contributed by atoms with Crippen LogP contribution in [0.25, 0.3) is 0 Å². The number of carbonyl (C=O) groups excluding carboxylic acids is 1. The highest BCUT2D eigenvalue weighted by atomic mass is 32.2. The molecule has 2 heterocycles. The molecule has 0 saturated carbocycles. The summed E-state index contributed by atoms with van der Waals surface area (Å²) in [4.78, 5) is 18.2. The average molecular weight is 282 g/mol. The SMILES string of the molecule is CSCCC1SCC(=O)N1CCc1ccccn1. The molecule has 1 saturated heterocycles. The van der Waals surface area contributed by atoms with E-state index in [-0.39, 0.29) is 5.91 Å². The summed E-state index contributed by atoms with van der Waals surface area (Å²) in [6.45, 7) is 0.794. The van der Waals surface area contributed by atoms with Crippen molar-refractivity contribution in [3.05, 3.63) is 30.1 Å². The van der Waals surface area contributed by atoms with Gasteiger partial charge in [0.05, 0.1) is 11.1 Å². The molecule has 3 nitrogen and oxygen atoms in total. The molecule has 0 radical (unpaired) electrons. The second-order valence-corrected chi connectivity index (χ2v) is 6.36. The number of aromatic nitrogens is 1. The Labute approximate surface area is 117 Å². The summed E-state index contributed by atoms with van der Waals surface area (Å²) in [6, 6.07) is 5.93. The quantitative estimate of drug-likeness (QED) is 0.801. The van der Waals surface area contributed by atoms with E-state index in [0.717, 1.165) is 30.8 Å². The zero-order valence-corrected chi connectivity index (χ0v) is 12.2. The third kappa shape index (κ3) is 3.65. The number of rotatable bonds is 6. The van der Waals surface area contributed by atoms with Crippen LogP contribution in [0, 0.1) is 0 Å². The molecular weight excluding hydrogens is 264 g/mol. The van der Waals surface area contributed by atoms with Crippen molar-refractivity contribution < 1.29 is 4.79 Å². The average Bonchev–Trinajstić information content (AvgIpc) is 2.76. The van der Waals surface area contributed by atoms with E-state index in [2.05, 4.69) is 11.2 Å². The summed E-state index contributed by atoms with van der Waals surface area (Å²) >= 11 is 3.62. The maximum absolute atomic E-state index is 11.8. The highest BCUT2D eigenvalue weighted by molar-refractivity contribution is 8.01. The standard InChI is InChI=1S/C13H18N2OS2/c1-17-9-6-13-15(12(16)10-18-13)8-5-11-4-2-3-7-14-11/h2-4,7,13H,5-6,8-10H2,1H3. The van der Waals surface area contributed by atoms with Gasteiger partial charge < -0.3 is 4.90 Å². The van der Waals surface area contributed by atoms with Crippen LogP contribution in [0.5, 0.6) is 0 Å². The minimum Gasteiger partial charge on any atom is -0.330 e. The summed E-state index contributed by atoms with van der Waals surface area (Å²) in [5.74, 6) is 2.04. The molecule has 0 N–H and O–H groups in total. The normalized spacial score (nSPS) is 19.5. The molecule has 0 spiro atoms. The Balaban J connectivity index is 1.87. The Hall–Kier alpha value is -0.680. The zero-order chi connectivity index (χ0) is 12.8. The van der Waals surface area contributed by atoms with Gasteiger partial charge in [0.15, 0.2) is 0 Å². The number of carbonyl (C=O) groups is 1. The maximum atomic E-state index is 11.8. The van der Waals surface area contributed by atoms with Crippen molar-refractivity contribution in [3.63, 3.8) is 0 Å². The van der Waals surface area contributed by atoms with E-state index in [4.69, 9.17) is 0 Å². The lowest BCUT2D eigenvalue weighted by molar-refractivity contribution is -0.127. The van der Waals surface area contributed by atoms with Gasteiger partial charge in [-0.25, -0.2) is 0 Å². The van der Waals surface area contributed by atoms with E-state index in [9.17, 15) is 4.79 Å². The van der Waals surface area contributed by atoms with E-state index in [0.29, 0.717) is 11.1 Å². The van der Waals surface area contributed by atoms with Gasteiger partial charge in [-0.15, -0.1) is 11.8 Å². The molecule has 0 aliphatic carbocycles. The fourth-order valence-electron chi connectivity index (χ4n) is 2.01. The minimum atomic E-state index is 0.280. The second kappa shape index (κ2) is 7.04. The van der Waals surface area contributed by atoms with Crippen LogP contribution in [0.2, 0.25) is 0 Å². The number of amides is 1. The predicted octanol–water partition coefficient (Wildman–Crippen LogP) is 2.28. The Morgan fingerprint density at radius 1 is 1.56 bits per heavy atom. The van der Waals surface area contributed by atoms with Crippen LogP contribution in [0.15, 0.2) is 24.4 Å². The van der Waals surface area contributed by atoms with Gasteiger partial charge in [-0.3, -0.25) is 9.78 Å². The van der Waals surface area contributed by atoms with Gasteiger partial charge in [0.25, 0.3) is 0 Å². The number of hydrogen-bond acceptors (Lipinski definition) is 4. The van der Waals surface area contributed by atoms with Crippen molar-refractivity contribution in [1.29, 1.82) is 0 Å². The highest BCUT2D eigenvalue weighted by Gasteiger charge is 2.30. The molecule has 18 heavy (non-hydrogen) atoms. The van der Waals surface area contributed by atoms with Crippen molar-refractivity contribution in [2.45, 2.75) is 18.2 Å². The van der Waals surface area contributed by atoms with Crippen LogP contribution in [-0.2, 0) is 11.2 Å². The van der Waals surface area contributed by atoms with Gasteiger partial charge in [-0.05, 0) is 30.6 Å². The lowest BCUT2D eigenvalue weighted by Gasteiger charge is -2.23. The molecule has 0 bridgehead atoms. The van der Waals surface area contributed by atoms with E-state index >= 15 is 0 Å². The molecule has 0 aromatic carbocycles. The molecule has 1 aromatic heterocycles. The van der Waals surface area contributed by atoms with Gasteiger partial charge in [-0.1, -0.05) is 6.07 Å². The molecule has 1 amide bonds. The minimum absolute atomic E-state index is 0.280. The molecule has 1 fully saturated rings. The Kier molecular flexibility index (Phi) is 5.38. The molecule has 2 rings (SSSR count). The predicted molar refractivity (Wildman–Crippen MR) is 78.9 cm³/mol. The van der Waals surface area contributed by atoms with E-state index in [1.807, 2.05) is 34.9 Å². The Morgan fingerprint density at radius 2 is 2.44 bits per heavy atom. The van der Waals surface area contributed by atoms with Crippen molar-refractivity contribution >= 4 is 29.4 Å². The highest BCUT2D eigenvalue weighted by Crippen LogP contribution is 2.28. The van der Waals surface area contributed by atoms with Crippen molar-refractivity contribution in [1.82, 2.24) is 9.88 Å². The molecule has 98 valence electrons. The molecule has 5 heteroatoms. The topological polar surface area (TPSA) is 33.2 Å². The summed E-state index contributed by atoms with van der Waals surface area (Å²) in [6.07, 6.45) is 5.85. The van der Waals surface area contributed by atoms with Crippen LogP contribution in [0.1, 0.15) is 12.1 Å². The first-order valence-corrected chi connectivity index (χ1v) is 8.55. The molecule has 1 aromatic rings. The summed E-state index contributed by atoms with van der Waals surface area (Å²) < 4.78 is 0. The third-order valence-electron chi connectivity index (χ3n) is 2.97. The number of pyridine rings is 1. The first kappa shape index (κ1) is 13.7. The number of thioether (sulfide) groups is 2. The first-order valence-electron chi connectivity index (χ1n) is 6.11. The number of hydrogen-bond donors (Lipinski definition) is 0. The van der Waals surface area contributed by atoms with Crippen molar-refractivity contribution in [3.8, 4) is 0 Å². The lowest BCUT2D eigenvalue weighted by atomic mass is 10.2. The van der Waals surface area contributed by atoms with Crippen LogP contribution < -0.4 is 0 Å².